The van der Waals surface area contributed by atoms with Gasteiger partial charge in [0.1, 0.15) is 0 Å². The molecule has 5 nitrogen and oxygen atoms in total. The first-order valence-corrected chi connectivity index (χ1v) is 18.9. The van der Waals surface area contributed by atoms with Crippen molar-refractivity contribution in [1.82, 2.24) is 24.1 Å². The van der Waals surface area contributed by atoms with E-state index >= 15 is 0 Å². The summed E-state index contributed by atoms with van der Waals surface area (Å²) >= 11 is 0. The van der Waals surface area contributed by atoms with Gasteiger partial charge in [0.15, 0.2) is 11.6 Å². The third-order valence-corrected chi connectivity index (χ3v) is 10.8. The number of fused-ring (bicyclic) bond motifs is 7. The highest BCUT2D eigenvalue weighted by Crippen LogP contribution is 2.46. The van der Waals surface area contributed by atoms with Crippen molar-refractivity contribution in [2.45, 2.75) is 0 Å². The molecule has 11 aromatic rings. The highest BCUT2D eigenvalue weighted by atomic mass is 15.2. The minimum Gasteiger partial charge on any atom is -0.309 e. The zero-order valence-electron chi connectivity index (χ0n) is 30.3. The Hall–Kier alpha value is -7.63. The Morgan fingerprint density at radius 2 is 0.821 bits per heavy atom. The van der Waals surface area contributed by atoms with E-state index in [2.05, 4.69) is 185 Å². The number of hydrogen-bond acceptors (Lipinski definition) is 3. The molecule has 11 rings (SSSR count). The van der Waals surface area contributed by atoms with Gasteiger partial charge in [-0.3, -0.25) is 4.57 Å². The predicted octanol–water partition coefficient (Wildman–Crippen LogP) is 12.7. The zero-order chi connectivity index (χ0) is 37.0. The molecule has 0 spiro atoms. The first-order valence-electron chi connectivity index (χ1n) is 18.9. The van der Waals surface area contributed by atoms with Crippen LogP contribution in [0.25, 0.3) is 100 Å². The van der Waals surface area contributed by atoms with Crippen LogP contribution in [0.5, 0.6) is 0 Å². The molecule has 262 valence electrons. The lowest BCUT2D eigenvalue weighted by Crippen LogP contribution is -2.06. The summed E-state index contributed by atoms with van der Waals surface area (Å²) in [5, 5.41) is 4.59. The van der Waals surface area contributed by atoms with Crippen LogP contribution in [0.4, 0.5) is 0 Å². The molecule has 56 heavy (non-hydrogen) atoms. The zero-order valence-corrected chi connectivity index (χ0v) is 30.3. The lowest BCUT2D eigenvalue weighted by Gasteiger charge is -2.13. The molecule has 0 saturated heterocycles. The third kappa shape index (κ3) is 5.13. The van der Waals surface area contributed by atoms with Crippen molar-refractivity contribution in [1.29, 1.82) is 0 Å². The van der Waals surface area contributed by atoms with E-state index in [1.165, 1.54) is 0 Å². The summed E-state index contributed by atoms with van der Waals surface area (Å²) in [6.07, 6.45) is 0. The Morgan fingerprint density at radius 1 is 0.321 bits per heavy atom. The number of hydrogen-bond donors (Lipinski definition) is 0. The summed E-state index contributed by atoms with van der Waals surface area (Å²) in [4.78, 5) is 15.9. The third-order valence-electron chi connectivity index (χ3n) is 10.8. The van der Waals surface area contributed by atoms with Gasteiger partial charge < -0.3 is 4.57 Å². The number of nitrogens with zero attached hydrogens (tertiary/aromatic N) is 5. The van der Waals surface area contributed by atoms with E-state index in [-0.39, 0.29) is 0 Å². The molecule has 5 heteroatoms. The van der Waals surface area contributed by atoms with Crippen LogP contribution in [0.2, 0.25) is 0 Å². The maximum absolute atomic E-state index is 5.39. The summed E-state index contributed by atoms with van der Waals surface area (Å²) in [7, 11) is 0. The first kappa shape index (κ1) is 31.9. The van der Waals surface area contributed by atoms with Crippen LogP contribution < -0.4 is 0 Å². The normalized spacial score (nSPS) is 11.6. The van der Waals surface area contributed by atoms with E-state index in [1.807, 2.05) is 24.3 Å². The number of aromatic nitrogens is 5. The molecular formula is C51H33N5. The van der Waals surface area contributed by atoms with Crippen LogP contribution >= 0.6 is 0 Å². The van der Waals surface area contributed by atoms with E-state index < -0.39 is 0 Å². The molecule has 0 amide bonds. The predicted molar refractivity (Wildman–Crippen MR) is 230 cm³/mol. The molecule has 0 atom stereocenters. The fraction of sp³-hybridized carbons (Fsp3) is 0. The highest BCUT2D eigenvalue weighted by Gasteiger charge is 2.26. The van der Waals surface area contributed by atoms with E-state index in [1.54, 1.807) is 0 Å². The van der Waals surface area contributed by atoms with E-state index in [0.29, 0.717) is 17.6 Å². The molecule has 0 aliphatic carbocycles. The summed E-state index contributed by atoms with van der Waals surface area (Å²) in [6.45, 7) is 0. The minimum atomic E-state index is 0.563. The molecule has 0 N–H and O–H groups in total. The van der Waals surface area contributed by atoms with Gasteiger partial charge in [-0.25, -0.2) is 4.98 Å². The molecule has 0 bridgehead atoms. The molecule has 0 aliphatic rings. The lowest BCUT2D eigenvalue weighted by atomic mass is 9.97. The van der Waals surface area contributed by atoms with E-state index in [0.717, 1.165) is 82.7 Å². The fourth-order valence-corrected chi connectivity index (χ4v) is 8.29. The molecule has 0 saturated carbocycles. The maximum Gasteiger partial charge on any atom is 0.238 e. The second-order valence-electron chi connectivity index (χ2n) is 14.0. The molecule has 0 fully saturated rings. The van der Waals surface area contributed by atoms with Crippen LogP contribution in [-0.4, -0.2) is 24.1 Å². The van der Waals surface area contributed by atoms with Gasteiger partial charge in [-0.2, -0.15) is 9.97 Å². The van der Waals surface area contributed by atoms with E-state index in [4.69, 9.17) is 15.0 Å². The Bertz CT molecular complexity index is 3220. The Kier molecular flexibility index (Phi) is 7.42. The van der Waals surface area contributed by atoms with Crippen molar-refractivity contribution in [2.75, 3.05) is 0 Å². The molecule has 8 aromatic carbocycles. The van der Waals surface area contributed by atoms with Crippen LogP contribution in [0.1, 0.15) is 0 Å². The summed E-state index contributed by atoms with van der Waals surface area (Å²) in [5.74, 6) is 1.79. The summed E-state index contributed by atoms with van der Waals surface area (Å²) < 4.78 is 4.67. The SMILES string of the molecule is c1ccc(-c2cccc(-c3nc(-c4ccccc4)nc(-n4c5ccccc5c5c(-c6ccccc6)cc6c(c7ccccc7n6-c6ccccc6)c54)n3)c2)cc1. The standard InChI is InChI=1S/C51H33N5/c1-5-18-34(19-6-1)37-24-17-25-38(32-37)50-52-49(36-22-9-3-10-23-36)53-51(54-50)56-44-31-16-13-28-40(44)46-42(35-20-7-2-8-21-35)33-45-47(48(46)56)41-29-14-15-30-43(41)55(45)39-26-11-4-12-27-39/h1-33H. The second-order valence-corrected chi connectivity index (χ2v) is 14.0. The monoisotopic (exact) mass is 715 g/mol. The van der Waals surface area contributed by atoms with Gasteiger partial charge >= 0.3 is 0 Å². The van der Waals surface area contributed by atoms with Gasteiger partial charge in [-0.1, -0.05) is 164 Å². The average molecular weight is 716 g/mol. The van der Waals surface area contributed by atoms with E-state index in [9.17, 15) is 0 Å². The summed E-state index contributed by atoms with van der Waals surface area (Å²) in [5.41, 5.74) is 11.8. The molecule has 0 radical (unpaired) electrons. The Balaban J connectivity index is 1.30. The van der Waals surface area contributed by atoms with Crippen molar-refractivity contribution in [3.05, 3.63) is 200 Å². The van der Waals surface area contributed by atoms with Crippen LogP contribution in [-0.2, 0) is 0 Å². The van der Waals surface area contributed by atoms with Gasteiger partial charge in [0.05, 0.1) is 22.1 Å². The van der Waals surface area contributed by atoms with Gasteiger partial charge in [0, 0.05) is 38.4 Å². The smallest absolute Gasteiger partial charge is 0.238 e. The highest BCUT2D eigenvalue weighted by molar-refractivity contribution is 6.29. The largest absolute Gasteiger partial charge is 0.309 e. The molecular weight excluding hydrogens is 683 g/mol. The van der Waals surface area contributed by atoms with Gasteiger partial charge in [-0.05, 0) is 58.7 Å². The average Bonchev–Trinajstić information content (AvgIpc) is 3.80. The molecule has 0 aliphatic heterocycles. The van der Waals surface area contributed by atoms with Crippen molar-refractivity contribution in [3.63, 3.8) is 0 Å². The summed E-state index contributed by atoms with van der Waals surface area (Å²) in [6, 6.07) is 70.2. The topological polar surface area (TPSA) is 48.5 Å². The van der Waals surface area contributed by atoms with Crippen molar-refractivity contribution >= 4 is 43.6 Å². The number of benzene rings is 8. The Morgan fingerprint density at radius 3 is 1.50 bits per heavy atom. The van der Waals surface area contributed by atoms with Crippen molar-refractivity contribution in [2.24, 2.45) is 0 Å². The first-order chi connectivity index (χ1) is 27.8. The number of rotatable bonds is 6. The number of para-hydroxylation sites is 3. The molecule has 3 heterocycles. The van der Waals surface area contributed by atoms with Gasteiger partial charge in [-0.15, -0.1) is 0 Å². The van der Waals surface area contributed by atoms with Crippen LogP contribution in [0, 0.1) is 0 Å². The maximum atomic E-state index is 5.39. The van der Waals surface area contributed by atoms with Crippen LogP contribution in [0.3, 0.4) is 0 Å². The van der Waals surface area contributed by atoms with Crippen molar-refractivity contribution < 1.29 is 0 Å². The van der Waals surface area contributed by atoms with Crippen molar-refractivity contribution in [3.8, 4) is 56.7 Å². The molecule has 3 aromatic heterocycles. The lowest BCUT2D eigenvalue weighted by molar-refractivity contribution is 0.955. The minimum absolute atomic E-state index is 0.563. The second kappa shape index (κ2) is 13.0. The quantitative estimate of drug-likeness (QED) is 0.172. The van der Waals surface area contributed by atoms with Gasteiger partial charge in [0.2, 0.25) is 5.95 Å². The van der Waals surface area contributed by atoms with Gasteiger partial charge in [0.25, 0.3) is 0 Å². The Labute approximate surface area is 323 Å². The molecule has 0 unspecified atom stereocenters. The van der Waals surface area contributed by atoms with Crippen LogP contribution in [0.15, 0.2) is 200 Å². The fourth-order valence-electron chi connectivity index (χ4n) is 8.29.